The third-order valence-corrected chi connectivity index (χ3v) is 6.80. The van der Waals surface area contributed by atoms with Crippen LogP contribution < -0.4 is 14.2 Å². The average molecular weight is 589 g/mol. The van der Waals surface area contributed by atoms with Crippen LogP contribution in [0.2, 0.25) is 0 Å². The molecule has 0 heterocycles. The van der Waals surface area contributed by atoms with Gasteiger partial charge in [-0.3, -0.25) is 0 Å². The molecular formula is C34H33FO8. The van der Waals surface area contributed by atoms with Gasteiger partial charge in [-0.15, -0.1) is 0 Å². The molecule has 43 heavy (non-hydrogen) atoms. The summed E-state index contributed by atoms with van der Waals surface area (Å²) in [6.07, 6.45) is 2.93. The fourth-order valence-electron chi connectivity index (χ4n) is 4.58. The van der Waals surface area contributed by atoms with E-state index in [1.807, 2.05) is 30.3 Å². The maximum Gasteiger partial charge on any atom is 0.366 e. The van der Waals surface area contributed by atoms with Crippen molar-refractivity contribution in [2.45, 2.75) is 32.1 Å². The van der Waals surface area contributed by atoms with E-state index < -0.39 is 23.7 Å². The van der Waals surface area contributed by atoms with Gasteiger partial charge in [0, 0.05) is 18.4 Å². The Morgan fingerprint density at radius 2 is 1.35 bits per heavy atom. The van der Waals surface area contributed by atoms with Gasteiger partial charge in [0.15, 0.2) is 0 Å². The molecule has 0 bridgehead atoms. The number of carbonyl (C=O) groups is 3. The predicted octanol–water partition coefficient (Wildman–Crippen LogP) is 6.72. The van der Waals surface area contributed by atoms with Crippen LogP contribution in [0, 0.1) is 0 Å². The highest BCUT2D eigenvalue weighted by molar-refractivity contribution is 5.93. The molecule has 0 N–H and O–H groups in total. The second-order valence-corrected chi connectivity index (χ2v) is 9.80. The van der Waals surface area contributed by atoms with Gasteiger partial charge in [-0.2, -0.15) is 4.39 Å². The number of esters is 3. The number of ether oxygens (including phenoxy) is 5. The molecule has 0 aromatic heterocycles. The van der Waals surface area contributed by atoms with Crippen LogP contribution in [-0.2, 0) is 19.1 Å². The number of rotatable bonds is 15. The van der Waals surface area contributed by atoms with Crippen molar-refractivity contribution >= 4 is 17.9 Å². The quantitative estimate of drug-likeness (QED) is 0.0835. The van der Waals surface area contributed by atoms with Crippen LogP contribution in [0.15, 0.2) is 85.7 Å². The first-order chi connectivity index (χ1) is 20.8. The predicted molar refractivity (Wildman–Crippen MR) is 158 cm³/mol. The summed E-state index contributed by atoms with van der Waals surface area (Å²) in [4.78, 5) is 35.1. The zero-order chi connectivity index (χ0) is 30.8. The summed E-state index contributed by atoms with van der Waals surface area (Å²) < 4.78 is 39.4. The Kier molecular flexibility index (Phi) is 10.7. The van der Waals surface area contributed by atoms with Crippen molar-refractivity contribution in [3.05, 3.63) is 102 Å². The first-order valence-electron chi connectivity index (χ1n) is 13.9. The lowest BCUT2D eigenvalue weighted by Gasteiger charge is -2.11. The van der Waals surface area contributed by atoms with E-state index >= 15 is 0 Å². The normalized spacial score (nSPS) is 12.8. The van der Waals surface area contributed by atoms with E-state index in [9.17, 15) is 18.8 Å². The molecule has 8 nitrogen and oxygen atoms in total. The zero-order valence-electron chi connectivity index (χ0n) is 23.9. The lowest BCUT2D eigenvalue weighted by molar-refractivity contribution is -0.141. The molecule has 3 aromatic rings. The second kappa shape index (κ2) is 14.8. The van der Waals surface area contributed by atoms with Crippen molar-refractivity contribution in [1.29, 1.82) is 0 Å². The lowest BCUT2D eigenvalue weighted by atomic mass is 9.98. The molecule has 4 rings (SSSR count). The van der Waals surface area contributed by atoms with Crippen molar-refractivity contribution in [2.24, 2.45) is 0 Å². The van der Waals surface area contributed by atoms with E-state index in [0.717, 1.165) is 28.3 Å². The molecule has 224 valence electrons. The van der Waals surface area contributed by atoms with Crippen LogP contribution in [-0.4, -0.2) is 44.3 Å². The van der Waals surface area contributed by atoms with Gasteiger partial charge in [0.1, 0.15) is 17.2 Å². The molecule has 1 unspecified atom stereocenters. The summed E-state index contributed by atoms with van der Waals surface area (Å²) in [5.41, 5.74) is 4.65. The fraction of sp³-hybridized carbons (Fsp3) is 0.265. The molecule has 3 aromatic carbocycles. The summed E-state index contributed by atoms with van der Waals surface area (Å²) in [7, 11) is 0. The minimum atomic E-state index is -1.13. The highest BCUT2D eigenvalue weighted by Gasteiger charge is 2.27. The monoisotopic (exact) mass is 588 g/mol. The van der Waals surface area contributed by atoms with Gasteiger partial charge < -0.3 is 23.7 Å². The molecular weight excluding hydrogens is 555 g/mol. The summed E-state index contributed by atoms with van der Waals surface area (Å²) in [6.45, 7) is 9.42. The van der Waals surface area contributed by atoms with Crippen LogP contribution in [0.3, 0.4) is 0 Å². The maximum atomic E-state index is 13.0. The molecule has 0 fully saturated rings. The molecule has 9 heteroatoms. The largest absolute Gasteiger partial charge is 0.494 e. The number of carbonyl (C=O) groups excluding carboxylic acids is 3. The van der Waals surface area contributed by atoms with Crippen molar-refractivity contribution in [2.75, 3.05) is 26.4 Å². The third-order valence-electron chi connectivity index (χ3n) is 6.80. The van der Waals surface area contributed by atoms with Crippen molar-refractivity contribution in [1.82, 2.24) is 0 Å². The second-order valence-electron chi connectivity index (χ2n) is 9.80. The van der Waals surface area contributed by atoms with Gasteiger partial charge in [0.2, 0.25) is 5.83 Å². The van der Waals surface area contributed by atoms with E-state index in [4.69, 9.17) is 23.7 Å². The smallest absolute Gasteiger partial charge is 0.366 e. The third kappa shape index (κ3) is 8.31. The zero-order valence-corrected chi connectivity index (χ0v) is 23.9. The van der Waals surface area contributed by atoms with E-state index in [1.165, 1.54) is 0 Å². The van der Waals surface area contributed by atoms with Gasteiger partial charge in [-0.05, 0) is 83.6 Å². The number of hydrogen-bond acceptors (Lipinski definition) is 8. The molecule has 1 aliphatic rings. The summed E-state index contributed by atoms with van der Waals surface area (Å²) >= 11 is 0. The summed E-state index contributed by atoms with van der Waals surface area (Å²) in [5, 5.41) is 0. The molecule has 0 amide bonds. The lowest BCUT2D eigenvalue weighted by Crippen LogP contribution is -2.09. The molecule has 0 saturated carbocycles. The van der Waals surface area contributed by atoms with Crippen LogP contribution in [0.25, 0.3) is 11.1 Å². The minimum absolute atomic E-state index is 0.0308. The fourth-order valence-corrected chi connectivity index (χ4v) is 4.58. The van der Waals surface area contributed by atoms with E-state index in [1.54, 1.807) is 30.3 Å². The molecule has 0 radical (unpaired) electrons. The molecule has 0 spiro atoms. The Labute approximate surface area is 249 Å². The standard InChI is InChI=1S/C34H33FO8/c1-4-32(36)41-17-6-5-16-39-25-9-11-26(12-10-25)43-34(38)24-8-14-28-29-15-13-27(21-31(29)22(2)30(28)20-24)40-18-7-19-42-33(37)23(3)35/h4,8-15,20-22H,1,3,5-7,16-19H2,2H3. The van der Waals surface area contributed by atoms with E-state index in [2.05, 4.69) is 20.1 Å². The first kappa shape index (κ1) is 31.0. The molecule has 1 aliphatic carbocycles. The summed E-state index contributed by atoms with van der Waals surface area (Å²) in [6, 6.07) is 18.2. The van der Waals surface area contributed by atoms with Crippen LogP contribution in [0.4, 0.5) is 4.39 Å². The maximum absolute atomic E-state index is 13.0. The number of benzene rings is 3. The van der Waals surface area contributed by atoms with Crippen molar-refractivity contribution in [3.63, 3.8) is 0 Å². The number of fused-ring (bicyclic) bond motifs is 3. The van der Waals surface area contributed by atoms with Crippen LogP contribution >= 0.6 is 0 Å². The highest BCUT2D eigenvalue weighted by Crippen LogP contribution is 2.46. The highest BCUT2D eigenvalue weighted by atomic mass is 19.1. The number of halogens is 1. The van der Waals surface area contributed by atoms with E-state index in [0.29, 0.717) is 61.9 Å². The van der Waals surface area contributed by atoms with Gasteiger partial charge in [-0.25, -0.2) is 14.4 Å². The Hall–Kier alpha value is -4.92. The van der Waals surface area contributed by atoms with Gasteiger partial charge >= 0.3 is 17.9 Å². The van der Waals surface area contributed by atoms with Gasteiger partial charge in [-0.1, -0.05) is 32.2 Å². The Morgan fingerprint density at radius 3 is 2.07 bits per heavy atom. The Bertz CT molecular complexity index is 1490. The molecule has 0 saturated heterocycles. The number of hydrogen-bond donors (Lipinski definition) is 0. The first-order valence-corrected chi connectivity index (χ1v) is 13.9. The van der Waals surface area contributed by atoms with Crippen molar-refractivity contribution < 1.29 is 42.5 Å². The van der Waals surface area contributed by atoms with Gasteiger partial charge in [0.25, 0.3) is 0 Å². The van der Waals surface area contributed by atoms with Crippen LogP contribution in [0.1, 0.15) is 53.6 Å². The summed E-state index contributed by atoms with van der Waals surface area (Å²) in [5.74, 6) is -1.35. The van der Waals surface area contributed by atoms with Crippen molar-refractivity contribution in [3.8, 4) is 28.4 Å². The van der Waals surface area contributed by atoms with E-state index in [-0.39, 0.29) is 12.5 Å². The SMILES string of the molecule is C=CC(=O)OCCCCOc1ccc(OC(=O)c2ccc3c(c2)C(C)c2cc(OCCCOC(=O)C(=C)F)ccc2-3)cc1. The molecule has 1 atom stereocenters. The Balaban J connectivity index is 1.27. The minimum Gasteiger partial charge on any atom is -0.494 e. The number of unbranched alkanes of at least 4 members (excludes halogenated alkanes) is 1. The average Bonchev–Trinajstić information content (AvgIpc) is 3.29. The topological polar surface area (TPSA) is 97.4 Å². The Morgan fingerprint density at radius 1 is 0.767 bits per heavy atom. The molecule has 0 aliphatic heterocycles. The van der Waals surface area contributed by atoms with Crippen LogP contribution in [0.5, 0.6) is 17.2 Å². The van der Waals surface area contributed by atoms with Gasteiger partial charge in [0.05, 0.1) is 32.0 Å².